The van der Waals surface area contributed by atoms with Gasteiger partial charge in [0.05, 0.1) is 4.83 Å². The average molecular weight is 527 g/mol. The summed E-state index contributed by atoms with van der Waals surface area (Å²) in [7, 11) is 0. The largest absolute Gasteiger partial charge is 0.126 e. The molecule has 0 fully saturated rings. The lowest BCUT2D eigenvalue weighted by Crippen LogP contribution is -1.93. The predicted molar refractivity (Wildman–Crippen MR) is 92.0 cm³/mol. The Kier molecular flexibility index (Phi) is 5.23. The van der Waals surface area contributed by atoms with Crippen molar-refractivity contribution in [3.63, 3.8) is 0 Å². The van der Waals surface area contributed by atoms with Gasteiger partial charge in [-0.3, -0.25) is 0 Å². The molecule has 0 aliphatic carbocycles. The lowest BCUT2D eigenvalue weighted by atomic mass is 10.1. The van der Waals surface area contributed by atoms with Crippen LogP contribution in [0.3, 0.4) is 0 Å². The topological polar surface area (TPSA) is 0 Å². The van der Waals surface area contributed by atoms with E-state index in [4.69, 9.17) is 23.2 Å². The van der Waals surface area contributed by atoms with E-state index in [1.165, 1.54) is 3.57 Å². The summed E-state index contributed by atoms with van der Waals surface area (Å²) >= 11 is 23.1. The van der Waals surface area contributed by atoms with Crippen LogP contribution in [0.5, 0.6) is 0 Å². The highest BCUT2D eigenvalue weighted by Crippen LogP contribution is 2.42. The van der Waals surface area contributed by atoms with Crippen LogP contribution in [-0.2, 0) is 0 Å². The number of hydrogen-bond donors (Lipinski definition) is 0. The van der Waals surface area contributed by atoms with Crippen molar-refractivity contribution in [3.8, 4) is 0 Å². The van der Waals surface area contributed by atoms with Gasteiger partial charge in [0.15, 0.2) is 0 Å². The Labute approximate surface area is 144 Å². The summed E-state index contributed by atoms with van der Waals surface area (Å²) in [6.07, 6.45) is 0. The summed E-state index contributed by atoms with van der Waals surface area (Å²) in [6.45, 7) is 0. The zero-order chi connectivity index (χ0) is 12.6. The fourth-order valence-corrected chi connectivity index (χ4v) is 5.13. The van der Waals surface area contributed by atoms with Gasteiger partial charge in [-0.05, 0) is 68.3 Å². The fraction of sp³-hybridized carbons (Fsp3) is 0.0909. The number of alkyl halides is 1. The Morgan fingerprint density at radius 2 is 1.94 bits per heavy atom. The van der Waals surface area contributed by atoms with Gasteiger partial charge in [-0.15, -0.1) is 11.3 Å². The van der Waals surface area contributed by atoms with Crippen molar-refractivity contribution in [3.05, 3.63) is 52.1 Å². The van der Waals surface area contributed by atoms with Crippen molar-refractivity contribution in [1.82, 2.24) is 0 Å². The van der Waals surface area contributed by atoms with Gasteiger partial charge in [0.1, 0.15) is 4.34 Å². The molecule has 0 aliphatic heterocycles. The minimum atomic E-state index is 0.113. The number of thiophene rings is 1. The molecule has 1 aromatic carbocycles. The smallest absolute Gasteiger partial charge is 0.107 e. The fourth-order valence-electron chi connectivity index (χ4n) is 1.35. The van der Waals surface area contributed by atoms with Gasteiger partial charge >= 0.3 is 0 Å². The van der Waals surface area contributed by atoms with Gasteiger partial charge in [0, 0.05) is 17.9 Å². The van der Waals surface area contributed by atoms with Crippen LogP contribution in [0.15, 0.2) is 28.7 Å². The molecule has 0 radical (unpaired) electrons. The second-order valence-corrected chi connectivity index (χ2v) is 8.35. The molecule has 1 aromatic heterocycles. The van der Waals surface area contributed by atoms with Crippen molar-refractivity contribution < 1.29 is 0 Å². The maximum absolute atomic E-state index is 6.05. The highest BCUT2D eigenvalue weighted by Gasteiger charge is 2.17. The minimum Gasteiger partial charge on any atom is -0.126 e. The number of hydrogen-bond acceptors (Lipinski definition) is 1. The molecule has 0 spiro atoms. The molecule has 1 heterocycles. The van der Waals surface area contributed by atoms with E-state index in [1.54, 1.807) is 11.3 Å². The number of rotatable bonds is 2. The second kappa shape index (κ2) is 6.09. The second-order valence-electron chi connectivity index (χ2n) is 3.30. The van der Waals surface area contributed by atoms with Crippen LogP contribution in [0, 0.1) is 3.57 Å². The maximum Gasteiger partial charge on any atom is 0.107 e. The van der Waals surface area contributed by atoms with E-state index in [-0.39, 0.29) is 4.83 Å². The van der Waals surface area contributed by atoms with Gasteiger partial charge < -0.3 is 0 Å². The maximum atomic E-state index is 6.05. The van der Waals surface area contributed by atoms with E-state index in [0.29, 0.717) is 0 Å². The third kappa shape index (κ3) is 3.39. The van der Waals surface area contributed by atoms with Gasteiger partial charge in [-0.2, -0.15) is 0 Å². The quantitative estimate of drug-likeness (QED) is 0.295. The highest BCUT2D eigenvalue weighted by molar-refractivity contribution is 14.1. The van der Waals surface area contributed by atoms with E-state index in [1.807, 2.05) is 24.3 Å². The summed E-state index contributed by atoms with van der Waals surface area (Å²) in [5.74, 6) is 0. The van der Waals surface area contributed by atoms with Crippen LogP contribution < -0.4 is 0 Å². The molecule has 2 aromatic rings. The zero-order valence-electron chi connectivity index (χ0n) is 8.18. The number of halogens is 5. The zero-order valence-corrected chi connectivity index (χ0v) is 15.8. The Morgan fingerprint density at radius 1 is 1.24 bits per heavy atom. The molecule has 0 nitrogen and oxygen atoms in total. The van der Waals surface area contributed by atoms with Crippen LogP contribution in [0.25, 0.3) is 0 Å². The third-order valence-corrected chi connectivity index (χ3v) is 7.19. The van der Waals surface area contributed by atoms with Gasteiger partial charge in [-0.1, -0.05) is 39.1 Å². The summed E-state index contributed by atoms with van der Waals surface area (Å²) in [6, 6.07) is 7.91. The van der Waals surface area contributed by atoms with Crippen molar-refractivity contribution in [1.29, 1.82) is 0 Å². The van der Waals surface area contributed by atoms with Gasteiger partial charge in [0.2, 0.25) is 0 Å². The molecule has 0 amide bonds. The molecule has 0 bridgehead atoms. The Bertz CT molecular complexity index is 537. The van der Waals surface area contributed by atoms with Crippen molar-refractivity contribution >= 4 is 89.0 Å². The molecular formula is C11H5Br2Cl2IS. The molecule has 6 heteroatoms. The van der Waals surface area contributed by atoms with Gasteiger partial charge in [-0.25, -0.2) is 0 Å². The van der Waals surface area contributed by atoms with E-state index in [9.17, 15) is 0 Å². The average Bonchev–Trinajstić information content (AvgIpc) is 2.62. The molecule has 1 atom stereocenters. The highest BCUT2D eigenvalue weighted by atomic mass is 127. The van der Waals surface area contributed by atoms with Crippen LogP contribution in [0.2, 0.25) is 9.36 Å². The Balaban J connectivity index is 2.42. The van der Waals surface area contributed by atoms with E-state index in [2.05, 4.69) is 54.5 Å². The molecule has 0 aliphatic rings. The molecule has 17 heavy (non-hydrogen) atoms. The van der Waals surface area contributed by atoms with Crippen molar-refractivity contribution in [2.45, 2.75) is 4.83 Å². The summed E-state index contributed by atoms with van der Waals surface area (Å²) in [5.41, 5.74) is 1.16. The summed E-state index contributed by atoms with van der Waals surface area (Å²) < 4.78 is 2.87. The van der Waals surface area contributed by atoms with Crippen LogP contribution in [-0.4, -0.2) is 0 Å². The van der Waals surface area contributed by atoms with Crippen LogP contribution in [0.4, 0.5) is 0 Å². The van der Waals surface area contributed by atoms with Crippen molar-refractivity contribution in [2.75, 3.05) is 0 Å². The van der Waals surface area contributed by atoms with Crippen LogP contribution >= 0.6 is 89.0 Å². The van der Waals surface area contributed by atoms with Crippen molar-refractivity contribution in [2.24, 2.45) is 0 Å². The SMILES string of the molecule is Clc1ccc(I)c(C(Br)c2cc(Br)c(Cl)s2)c1. The first-order valence-corrected chi connectivity index (χ1v) is 8.88. The Morgan fingerprint density at radius 3 is 2.53 bits per heavy atom. The lowest BCUT2D eigenvalue weighted by Gasteiger charge is -2.10. The third-order valence-electron chi connectivity index (χ3n) is 2.15. The molecule has 0 saturated heterocycles. The van der Waals surface area contributed by atoms with E-state index < -0.39 is 0 Å². The molecule has 2 rings (SSSR count). The summed E-state index contributed by atoms with van der Waals surface area (Å²) in [5, 5.41) is 0.742. The van der Waals surface area contributed by atoms with E-state index >= 15 is 0 Å². The first-order valence-electron chi connectivity index (χ1n) is 4.53. The molecule has 90 valence electrons. The standard InChI is InChI=1S/C11H5Br2Cl2IS/c12-7-4-9(17-11(7)15)10(13)6-3-5(14)1-2-8(6)16/h1-4,10H. The number of benzene rings is 1. The first kappa shape index (κ1) is 14.6. The molecule has 0 N–H and O–H groups in total. The van der Waals surface area contributed by atoms with Gasteiger partial charge in [0.25, 0.3) is 0 Å². The molecular weight excluding hydrogens is 522 g/mol. The molecule has 0 saturated carbocycles. The van der Waals surface area contributed by atoms with E-state index in [0.717, 1.165) is 24.3 Å². The Hall–Kier alpha value is 1.19. The minimum absolute atomic E-state index is 0.113. The monoisotopic (exact) mass is 524 g/mol. The summed E-state index contributed by atoms with van der Waals surface area (Å²) in [4.78, 5) is 1.27. The normalized spacial score (nSPS) is 12.8. The molecule has 1 unspecified atom stereocenters. The predicted octanol–water partition coefficient (Wildman–Crippen LogP) is 6.91. The lowest BCUT2D eigenvalue weighted by molar-refractivity contribution is 1.20. The van der Waals surface area contributed by atoms with Crippen LogP contribution in [0.1, 0.15) is 15.3 Å². The first-order chi connectivity index (χ1) is 7.99.